The average molecular weight is 201 g/mol. The zero-order valence-corrected chi connectivity index (χ0v) is 7.84. The maximum atomic E-state index is 10.8. The quantitative estimate of drug-likeness (QED) is 0.815. The van der Waals surface area contributed by atoms with E-state index in [9.17, 15) is 4.79 Å². The van der Waals surface area contributed by atoms with Crippen LogP contribution in [-0.4, -0.2) is 17.7 Å². The summed E-state index contributed by atoms with van der Waals surface area (Å²) in [5, 5.41) is 9.00. The van der Waals surface area contributed by atoms with Crippen molar-refractivity contribution in [2.24, 2.45) is 0 Å². The van der Waals surface area contributed by atoms with Crippen LogP contribution in [0.1, 0.15) is 17.3 Å². The molecule has 1 N–H and O–H groups in total. The molecule has 0 heterocycles. The van der Waals surface area contributed by atoms with E-state index in [1.807, 2.05) is 0 Å². The number of halogens is 1. The SMILES string of the molecule is CCOc1cccc(Cl)c1C(=O)O. The molecule has 0 atom stereocenters. The number of hydrogen-bond acceptors (Lipinski definition) is 2. The molecule has 70 valence electrons. The molecule has 0 spiro atoms. The fourth-order valence-corrected chi connectivity index (χ4v) is 1.23. The summed E-state index contributed by atoms with van der Waals surface area (Å²) in [5.74, 6) is -0.767. The van der Waals surface area contributed by atoms with Crippen LogP contribution in [0.15, 0.2) is 18.2 Å². The number of ether oxygens (including phenoxy) is 1. The number of hydrogen-bond donors (Lipinski definition) is 1. The van der Waals surface area contributed by atoms with Gasteiger partial charge < -0.3 is 9.84 Å². The zero-order chi connectivity index (χ0) is 9.84. The van der Waals surface area contributed by atoms with Gasteiger partial charge in [-0.1, -0.05) is 17.7 Å². The second kappa shape index (κ2) is 4.14. The lowest BCUT2D eigenvalue weighted by Gasteiger charge is -2.07. The molecular weight excluding hydrogens is 192 g/mol. The van der Waals surface area contributed by atoms with Gasteiger partial charge in [0.15, 0.2) is 0 Å². The standard InChI is InChI=1S/C9H9ClO3/c1-2-13-7-5-3-4-6(10)8(7)9(11)12/h3-5H,2H2,1H3,(H,11,12). The minimum absolute atomic E-state index is 0.0195. The van der Waals surface area contributed by atoms with Crippen molar-refractivity contribution in [3.8, 4) is 5.75 Å². The minimum Gasteiger partial charge on any atom is -0.493 e. The number of rotatable bonds is 3. The van der Waals surface area contributed by atoms with Gasteiger partial charge in [0.1, 0.15) is 11.3 Å². The molecular formula is C9H9ClO3. The molecule has 1 rings (SSSR count). The van der Waals surface area contributed by atoms with Crippen LogP contribution in [0, 0.1) is 0 Å². The van der Waals surface area contributed by atoms with Crippen molar-refractivity contribution in [1.82, 2.24) is 0 Å². The number of benzene rings is 1. The molecule has 1 aromatic rings. The Labute approximate surface area is 80.9 Å². The van der Waals surface area contributed by atoms with Gasteiger partial charge in [0.05, 0.1) is 11.6 Å². The minimum atomic E-state index is -1.07. The molecule has 0 fully saturated rings. The van der Waals surface area contributed by atoms with Crippen molar-refractivity contribution in [3.63, 3.8) is 0 Å². The Morgan fingerprint density at radius 1 is 1.62 bits per heavy atom. The lowest BCUT2D eigenvalue weighted by Crippen LogP contribution is -2.03. The lowest BCUT2D eigenvalue weighted by molar-refractivity contribution is 0.0693. The summed E-state index contributed by atoms with van der Waals surface area (Å²) in [7, 11) is 0. The fourth-order valence-electron chi connectivity index (χ4n) is 0.988. The second-order valence-corrected chi connectivity index (χ2v) is 2.76. The van der Waals surface area contributed by atoms with Gasteiger partial charge in [-0.3, -0.25) is 0 Å². The van der Waals surface area contributed by atoms with Crippen molar-refractivity contribution in [3.05, 3.63) is 28.8 Å². The van der Waals surface area contributed by atoms with Gasteiger partial charge >= 0.3 is 5.97 Å². The number of carboxylic acids is 1. The first kappa shape index (κ1) is 9.86. The van der Waals surface area contributed by atoms with Crippen LogP contribution < -0.4 is 4.74 Å². The van der Waals surface area contributed by atoms with E-state index in [1.54, 1.807) is 19.1 Å². The Balaban J connectivity index is 3.17. The molecule has 0 radical (unpaired) electrons. The molecule has 1 aromatic carbocycles. The van der Waals surface area contributed by atoms with Gasteiger partial charge in [-0.05, 0) is 19.1 Å². The number of carboxylic acid groups (broad SMARTS) is 1. The largest absolute Gasteiger partial charge is 0.493 e. The molecule has 0 aliphatic carbocycles. The Hall–Kier alpha value is -1.22. The van der Waals surface area contributed by atoms with Crippen LogP contribution in [-0.2, 0) is 0 Å². The number of aromatic carboxylic acids is 1. The first-order valence-corrected chi connectivity index (χ1v) is 4.19. The zero-order valence-electron chi connectivity index (χ0n) is 7.08. The third-order valence-electron chi connectivity index (χ3n) is 1.49. The summed E-state index contributed by atoms with van der Waals surface area (Å²) in [6.07, 6.45) is 0. The topological polar surface area (TPSA) is 46.5 Å². The Kier molecular flexibility index (Phi) is 3.14. The van der Waals surface area contributed by atoms with E-state index < -0.39 is 5.97 Å². The van der Waals surface area contributed by atoms with Gasteiger partial charge in [-0.2, -0.15) is 0 Å². The maximum absolute atomic E-state index is 10.8. The Bertz CT molecular complexity index is 323. The van der Waals surface area contributed by atoms with Crippen LogP contribution >= 0.6 is 11.6 Å². The van der Waals surface area contributed by atoms with Crippen molar-refractivity contribution in [2.45, 2.75) is 6.92 Å². The average Bonchev–Trinajstić information content (AvgIpc) is 2.04. The van der Waals surface area contributed by atoms with Gasteiger partial charge in [-0.25, -0.2) is 4.79 Å². The summed E-state index contributed by atoms with van der Waals surface area (Å²) in [6.45, 7) is 2.20. The summed E-state index contributed by atoms with van der Waals surface area (Å²) in [5.41, 5.74) is 0.0195. The van der Waals surface area contributed by atoms with E-state index in [0.29, 0.717) is 12.4 Å². The van der Waals surface area contributed by atoms with E-state index in [2.05, 4.69) is 0 Å². The van der Waals surface area contributed by atoms with Crippen LogP contribution in [0.4, 0.5) is 0 Å². The first-order chi connectivity index (χ1) is 6.16. The molecule has 0 bridgehead atoms. The normalized spacial score (nSPS) is 9.69. The fraction of sp³-hybridized carbons (Fsp3) is 0.222. The highest BCUT2D eigenvalue weighted by Gasteiger charge is 2.14. The van der Waals surface area contributed by atoms with Crippen LogP contribution in [0.25, 0.3) is 0 Å². The third-order valence-corrected chi connectivity index (χ3v) is 1.80. The lowest BCUT2D eigenvalue weighted by atomic mass is 10.2. The van der Waals surface area contributed by atoms with Gasteiger partial charge in [-0.15, -0.1) is 0 Å². The molecule has 0 saturated carbocycles. The van der Waals surface area contributed by atoms with E-state index in [0.717, 1.165) is 0 Å². The Morgan fingerprint density at radius 2 is 2.31 bits per heavy atom. The highest BCUT2D eigenvalue weighted by atomic mass is 35.5. The summed E-state index contributed by atoms with van der Waals surface area (Å²) < 4.78 is 5.11. The molecule has 0 aliphatic rings. The summed E-state index contributed by atoms with van der Waals surface area (Å²) >= 11 is 5.70. The molecule has 0 saturated heterocycles. The first-order valence-electron chi connectivity index (χ1n) is 3.81. The summed E-state index contributed by atoms with van der Waals surface area (Å²) in [4.78, 5) is 10.8. The third kappa shape index (κ3) is 2.12. The van der Waals surface area contributed by atoms with Crippen LogP contribution in [0.2, 0.25) is 5.02 Å². The smallest absolute Gasteiger partial charge is 0.341 e. The van der Waals surface area contributed by atoms with Crippen molar-refractivity contribution < 1.29 is 14.6 Å². The molecule has 0 unspecified atom stereocenters. The molecule has 4 heteroatoms. The second-order valence-electron chi connectivity index (χ2n) is 2.35. The predicted molar refractivity (Wildman–Crippen MR) is 49.6 cm³/mol. The van der Waals surface area contributed by atoms with Crippen LogP contribution in [0.3, 0.4) is 0 Å². The van der Waals surface area contributed by atoms with Crippen LogP contribution in [0.5, 0.6) is 5.75 Å². The van der Waals surface area contributed by atoms with E-state index in [1.165, 1.54) is 6.07 Å². The highest BCUT2D eigenvalue weighted by Crippen LogP contribution is 2.26. The van der Waals surface area contributed by atoms with E-state index in [4.69, 9.17) is 21.4 Å². The van der Waals surface area contributed by atoms with Gasteiger partial charge in [0.2, 0.25) is 0 Å². The molecule has 0 aliphatic heterocycles. The van der Waals surface area contributed by atoms with Crippen molar-refractivity contribution in [1.29, 1.82) is 0 Å². The monoisotopic (exact) mass is 200 g/mol. The van der Waals surface area contributed by atoms with Gasteiger partial charge in [0, 0.05) is 0 Å². The summed E-state index contributed by atoms with van der Waals surface area (Å²) in [6, 6.07) is 4.76. The molecule has 13 heavy (non-hydrogen) atoms. The maximum Gasteiger partial charge on any atom is 0.341 e. The van der Waals surface area contributed by atoms with Crippen molar-refractivity contribution in [2.75, 3.05) is 6.61 Å². The highest BCUT2D eigenvalue weighted by molar-refractivity contribution is 6.33. The van der Waals surface area contributed by atoms with E-state index in [-0.39, 0.29) is 10.6 Å². The molecule has 3 nitrogen and oxygen atoms in total. The van der Waals surface area contributed by atoms with E-state index >= 15 is 0 Å². The number of carbonyl (C=O) groups is 1. The Morgan fingerprint density at radius 3 is 2.85 bits per heavy atom. The van der Waals surface area contributed by atoms with Gasteiger partial charge in [0.25, 0.3) is 0 Å². The predicted octanol–water partition coefficient (Wildman–Crippen LogP) is 2.44. The molecule has 0 amide bonds. The molecule has 0 aromatic heterocycles. The van der Waals surface area contributed by atoms with Crippen molar-refractivity contribution >= 4 is 17.6 Å².